The summed E-state index contributed by atoms with van der Waals surface area (Å²) >= 11 is 0. The lowest BCUT2D eigenvalue weighted by Crippen LogP contribution is -2.59. The summed E-state index contributed by atoms with van der Waals surface area (Å²) in [5, 5.41) is 0.792. The van der Waals surface area contributed by atoms with E-state index >= 15 is 0 Å². The van der Waals surface area contributed by atoms with E-state index in [-0.39, 0.29) is 20.2 Å². The van der Waals surface area contributed by atoms with Crippen LogP contribution in [0, 0.1) is 0 Å². The first-order valence-corrected chi connectivity index (χ1v) is 13.7. The summed E-state index contributed by atoms with van der Waals surface area (Å²) in [5.74, 6) is 0. The molecular weight excluding hydrogens is 328 g/mol. The fourth-order valence-corrected chi connectivity index (χ4v) is 18.7. The third kappa shape index (κ3) is 4.18. The second kappa shape index (κ2) is 7.17. The van der Waals surface area contributed by atoms with Crippen molar-refractivity contribution in [1.82, 2.24) is 0 Å². The Morgan fingerprint density at radius 3 is 0.708 bits per heavy atom. The molecule has 0 aliphatic carbocycles. The van der Waals surface area contributed by atoms with Gasteiger partial charge < -0.3 is 8.85 Å². The summed E-state index contributed by atoms with van der Waals surface area (Å²) in [6.07, 6.45) is 0. The van der Waals surface area contributed by atoms with Gasteiger partial charge in [-0.05, 0) is 32.2 Å². The molecule has 0 amide bonds. The average molecular weight is 375 g/mol. The lowest BCUT2D eigenvalue weighted by molar-refractivity contribution is 0.312. The predicted octanol–water partition coefficient (Wildman–Crippen LogP) is 7.37. The highest BCUT2D eigenvalue weighted by atomic mass is 28.4. The second-order valence-corrected chi connectivity index (χ2v) is 22.7. The molecule has 0 aliphatic heterocycles. The standard InChI is InChI=1S/C20H46O2Si2/c1-17(2,3)23(21-13,18(4,5)6)15-16-24(22-14,19(7,8)9)20(10,11)12/h15-16H2,1-14H3. The van der Waals surface area contributed by atoms with Gasteiger partial charge in [-0.15, -0.1) is 0 Å². The molecule has 0 N–H and O–H groups in total. The molecule has 2 nitrogen and oxygen atoms in total. The van der Waals surface area contributed by atoms with Gasteiger partial charge in [0.05, 0.1) is 0 Å². The Balaban J connectivity index is 6.09. The van der Waals surface area contributed by atoms with Gasteiger partial charge in [0.15, 0.2) is 0 Å². The summed E-state index contributed by atoms with van der Waals surface area (Å²) in [4.78, 5) is 0. The van der Waals surface area contributed by atoms with E-state index in [1.54, 1.807) is 0 Å². The van der Waals surface area contributed by atoms with E-state index in [0.29, 0.717) is 0 Å². The van der Waals surface area contributed by atoms with Crippen molar-refractivity contribution in [3.05, 3.63) is 0 Å². The molecule has 4 heteroatoms. The molecule has 0 aromatic carbocycles. The fraction of sp³-hybridized carbons (Fsp3) is 1.00. The van der Waals surface area contributed by atoms with Gasteiger partial charge >= 0.3 is 0 Å². The molecule has 0 aromatic heterocycles. The Morgan fingerprint density at radius 1 is 0.458 bits per heavy atom. The first-order chi connectivity index (χ1) is 10.3. The van der Waals surface area contributed by atoms with Gasteiger partial charge in [0.25, 0.3) is 0 Å². The summed E-state index contributed by atoms with van der Waals surface area (Å²) in [6.45, 7) is 28.5. The molecule has 146 valence electrons. The van der Waals surface area contributed by atoms with Crippen LogP contribution in [0.5, 0.6) is 0 Å². The maximum Gasteiger partial charge on any atom is 0.202 e. The molecule has 0 saturated carbocycles. The molecule has 0 heterocycles. The summed E-state index contributed by atoms with van der Waals surface area (Å²) in [7, 11) is -0.100. The quantitative estimate of drug-likeness (QED) is 0.467. The van der Waals surface area contributed by atoms with Crippen molar-refractivity contribution in [3.8, 4) is 0 Å². The largest absolute Gasteiger partial charge is 0.419 e. The number of rotatable bonds is 5. The number of hydrogen-bond acceptors (Lipinski definition) is 2. The van der Waals surface area contributed by atoms with Crippen LogP contribution in [0.2, 0.25) is 32.2 Å². The SMILES string of the molecule is CO[Si](CC[Si](OC)(C(C)(C)C)C(C)(C)C)(C(C)(C)C)C(C)(C)C. The van der Waals surface area contributed by atoms with Crippen LogP contribution in [-0.2, 0) is 8.85 Å². The normalized spacial score (nSPS) is 15.8. The van der Waals surface area contributed by atoms with Crippen LogP contribution in [0.15, 0.2) is 0 Å². The molecule has 0 spiro atoms. The Hall–Kier alpha value is 0.354. The maximum atomic E-state index is 6.44. The van der Waals surface area contributed by atoms with E-state index < -0.39 is 16.6 Å². The van der Waals surface area contributed by atoms with Crippen molar-refractivity contribution >= 4 is 16.6 Å². The predicted molar refractivity (Wildman–Crippen MR) is 114 cm³/mol. The van der Waals surface area contributed by atoms with Crippen LogP contribution in [-0.4, -0.2) is 30.9 Å². The smallest absolute Gasteiger partial charge is 0.202 e. The second-order valence-electron chi connectivity index (χ2n) is 11.6. The Bertz CT molecular complexity index is 335. The highest BCUT2D eigenvalue weighted by Crippen LogP contribution is 2.59. The molecule has 0 atom stereocenters. The molecular formula is C20H46O2Si2. The topological polar surface area (TPSA) is 18.5 Å². The molecule has 0 rings (SSSR count). The monoisotopic (exact) mass is 374 g/mol. The first kappa shape index (κ1) is 24.4. The van der Waals surface area contributed by atoms with Crippen molar-refractivity contribution in [2.45, 2.75) is 115 Å². The third-order valence-corrected chi connectivity index (χ3v) is 19.9. The molecule has 0 fully saturated rings. The third-order valence-electron chi connectivity index (χ3n) is 6.37. The van der Waals surface area contributed by atoms with Crippen LogP contribution in [0.1, 0.15) is 83.1 Å². The maximum absolute atomic E-state index is 6.44. The van der Waals surface area contributed by atoms with Gasteiger partial charge in [0.1, 0.15) is 0 Å². The van der Waals surface area contributed by atoms with Crippen molar-refractivity contribution in [1.29, 1.82) is 0 Å². The van der Waals surface area contributed by atoms with E-state index in [4.69, 9.17) is 8.85 Å². The first-order valence-electron chi connectivity index (χ1n) is 9.43. The molecule has 0 aromatic rings. The summed E-state index contributed by atoms with van der Waals surface area (Å²) in [6, 6.07) is 2.34. The van der Waals surface area contributed by atoms with Gasteiger partial charge in [-0.2, -0.15) is 0 Å². The molecule has 0 unspecified atom stereocenters. The molecule has 0 bridgehead atoms. The van der Waals surface area contributed by atoms with E-state index in [1.165, 1.54) is 12.1 Å². The highest BCUT2D eigenvalue weighted by molar-refractivity contribution is 6.84. The molecule has 0 radical (unpaired) electrons. The van der Waals surface area contributed by atoms with Crippen LogP contribution >= 0.6 is 0 Å². The van der Waals surface area contributed by atoms with Crippen molar-refractivity contribution in [3.63, 3.8) is 0 Å². The Kier molecular flexibility index (Phi) is 7.27. The van der Waals surface area contributed by atoms with Gasteiger partial charge in [0.2, 0.25) is 16.6 Å². The van der Waals surface area contributed by atoms with Crippen molar-refractivity contribution in [2.75, 3.05) is 14.2 Å². The van der Waals surface area contributed by atoms with Gasteiger partial charge in [0, 0.05) is 14.2 Å². The molecule has 0 saturated heterocycles. The lowest BCUT2D eigenvalue weighted by atomic mass is 10.2. The van der Waals surface area contributed by atoms with Gasteiger partial charge in [-0.25, -0.2) is 0 Å². The minimum atomic E-state index is -2.00. The Morgan fingerprint density at radius 2 is 0.625 bits per heavy atom. The fourth-order valence-electron chi connectivity index (χ4n) is 5.53. The van der Waals surface area contributed by atoms with Crippen LogP contribution < -0.4 is 0 Å². The van der Waals surface area contributed by atoms with Crippen molar-refractivity contribution in [2.24, 2.45) is 0 Å². The van der Waals surface area contributed by atoms with E-state index in [9.17, 15) is 0 Å². The minimum Gasteiger partial charge on any atom is -0.419 e. The van der Waals surface area contributed by atoms with E-state index in [2.05, 4.69) is 83.1 Å². The summed E-state index contributed by atoms with van der Waals surface area (Å²) in [5.41, 5.74) is 0. The average Bonchev–Trinajstić information content (AvgIpc) is 2.28. The van der Waals surface area contributed by atoms with Crippen molar-refractivity contribution < 1.29 is 8.85 Å². The lowest BCUT2D eigenvalue weighted by Gasteiger charge is -2.55. The van der Waals surface area contributed by atoms with Crippen LogP contribution in [0.3, 0.4) is 0 Å². The Labute approximate surface area is 155 Å². The van der Waals surface area contributed by atoms with Crippen LogP contribution in [0.25, 0.3) is 0 Å². The van der Waals surface area contributed by atoms with E-state index in [0.717, 1.165) is 0 Å². The number of hydrogen-bond donors (Lipinski definition) is 0. The minimum absolute atomic E-state index is 0.198. The van der Waals surface area contributed by atoms with Crippen LogP contribution in [0.4, 0.5) is 0 Å². The zero-order valence-electron chi connectivity index (χ0n) is 19.2. The summed E-state index contributed by atoms with van der Waals surface area (Å²) < 4.78 is 12.9. The molecule has 24 heavy (non-hydrogen) atoms. The van der Waals surface area contributed by atoms with E-state index in [1.807, 2.05) is 14.2 Å². The highest BCUT2D eigenvalue weighted by Gasteiger charge is 2.59. The van der Waals surface area contributed by atoms with Gasteiger partial charge in [-0.1, -0.05) is 83.1 Å². The molecule has 0 aliphatic rings. The zero-order valence-corrected chi connectivity index (χ0v) is 21.2. The van der Waals surface area contributed by atoms with Gasteiger partial charge in [-0.3, -0.25) is 0 Å². The zero-order chi connectivity index (χ0) is 19.8.